The van der Waals surface area contributed by atoms with Crippen molar-refractivity contribution in [1.82, 2.24) is 9.97 Å². The van der Waals surface area contributed by atoms with Crippen molar-refractivity contribution < 1.29 is 9.31 Å². The SMILES string of the molecule is CC1(C)OB(C(=Cc2cnc(Br)cn2)CN)OC1(C)C. The smallest absolute Gasteiger partial charge is 0.400 e. The van der Waals surface area contributed by atoms with Gasteiger partial charge in [-0.3, -0.25) is 4.98 Å². The minimum Gasteiger partial charge on any atom is -0.400 e. The largest absolute Gasteiger partial charge is 0.491 e. The Kier molecular flexibility index (Phi) is 4.34. The molecule has 0 amide bonds. The average molecular weight is 340 g/mol. The number of halogens is 1. The summed E-state index contributed by atoms with van der Waals surface area (Å²) in [5.74, 6) is 0. The molecular weight excluding hydrogens is 321 g/mol. The van der Waals surface area contributed by atoms with Gasteiger partial charge in [0.25, 0.3) is 0 Å². The van der Waals surface area contributed by atoms with E-state index in [9.17, 15) is 0 Å². The van der Waals surface area contributed by atoms with Gasteiger partial charge in [-0.25, -0.2) is 4.98 Å². The fourth-order valence-corrected chi connectivity index (χ4v) is 2.01. The highest BCUT2D eigenvalue weighted by Gasteiger charge is 2.52. The zero-order valence-corrected chi connectivity index (χ0v) is 13.8. The minimum atomic E-state index is -0.449. The Labute approximate surface area is 128 Å². The van der Waals surface area contributed by atoms with Crippen LogP contribution < -0.4 is 5.73 Å². The summed E-state index contributed by atoms with van der Waals surface area (Å²) < 4.78 is 12.7. The van der Waals surface area contributed by atoms with E-state index in [1.54, 1.807) is 12.4 Å². The number of hydrogen-bond acceptors (Lipinski definition) is 5. The quantitative estimate of drug-likeness (QED) is 0.855. The summed E-state index contributed by atoms with van der Waals surface area (Å²) in [6.45, 7) is 8.40. The van der Waals surface area contributed by atoms with E-state index < -0.39 is 7.12 Å². The standard InChI is InChI=1S/C13H19BBrN3O2/c1-12(2)13(3,4)20-14(19-12)9(6-16)5-10-7-18-11(15)8-17-10/h5,7-8H,6,16H2,1-4H3. The molecule has 0 atom stereocenters. The zero-order valence-electron chi connectivity index (χ0n) is 12.2. The first kappa shape index (κ1) is 15.6. The molecule has 1 aliphatic heterocycles. The molecule has 1 aromatic rings. The third-order valence-corrected chi connectivity index (χ3v) is 4.17. The van der Waals surface area contributed by atoms with Gasteiger partial charge in [0.2, 0.25) is 0 Å². The van der Waals surface area contributed by atoms with E-state index in [1.165, 1.54) is 0 Å². The lowest BCUT2D eigenvalue weighted by Crippen LogP contribution is -2.41. The van der Waals surface area contributed by atoms with Crippen molar-refractivity contribution in [1.29, 1.82) is 0 Å². The number of rotatable bonds is 3. The van der Waals surface area contributed by atoms with Crippen molar-refractivity contribution in [2.75, 3.05) is 6.54 Å². The summed E-state index contributed by atoms with van der Waals surface area (Å²) >= 11 is 3.26. The average Bonchev–Trinajstić information content (AvgIpc) is 2.57. The summed E-state index contributed by atoms with van der Waals surface area (Å²) in [4.78, 5) is 8.40. The second-order valence-corrected chi connectivity index (χ2v) is 6.59. The van der Waals surface area contributed by atoms with Gasteiger partial charge >= 0.3 is 7.12 Å². The second kappa shape index (κ2) is 5.56. The van der Waals surface area contributed by atoms with Gasteiger partial charge in [0.15, 0.2) is 0 Å². The molecule has 0 radical (unpaired) electrons. The molecule has 1 fully saturated rings. The molecule has 2 heterocycles. The summed E-state index contributed by atoms with van der Waals surface area (Å²) in [6, 6.07) is 0. The molecule has 0 aliphatic carbocycles. The number of nitrogens with two attached hydrogens (primary N) is 1. The van der Waals surface area contributed by atoms with E-state index >= 15 is 0 Å². The molecule has 1 saturated heterocycles. The molecule has 20 heavy (non-hydrogen) atoms. The molecular formula is C13H19BBrN3O2. The first-order valence-electron chi connectivity index (χ1n) is 6.49. The fraction of sp³-hybridized carbons (Fsp3) is 0.538. The van der Waals surface area contributed by atoms with E-state index in [0.29, 0.717) is 11.1 Å². The van der Waals surface area contributed by atoms with Crippen LogP contribution in [0.5, 0.6) is 0 Å². The first-order valence-corrected chi connectivity index (χ1v) is 7.28. The van der Waals surface area contributed by atoms with Crippen LogP contribution in [0.2, 0.25) is 0 Å². The maximum atomic E-state index is 5.99. The molecule has 5 nitrogen and oxygen atoms in total. The Balaban J connectivity index is 2.24. The molecule has 2 rings (SSSR count). The fourth-order valence-electron chi connectivity index (χ4n) is 1.80. The molecule has 0 aromatic carbocycles. The van der Waals surface area contributed by atoms with Crippen LogP contribution in [0.15, 0.2) is 22.5 Å². The summed E-state index contributed by atoms with van der Waals surface area (Å²) in [5.41, 5.74) is 6.64. The highest BCUT2D eigenvalue weighted by Crippen LogP contribution is 2.38. The van der Waals surface area contributed by atoms with Gasteiger partial charge < -0.3 is 15.0 Å². The molecule has 7 heteroatoms. The molecule has 0 saturated carbocycles. The summed E-state index contributed by atoms with van der Waals surface area (Å²) in [7, 11) is -0.449. The van der Waals surface area contributed by atoms with Crippen molar-refractivity contribution >= 4 is 29.1 Å². The highest BCUT2D eigenvalue weighted by molar-refractivity contribution is 9.10. The topological polar surface area (TPSA) is 70.3 Å². The van der Waals surface area contributed by atoms with Crippen molar-refractivity contribution in [3.05, 3.63) is 28.2 Å². The Hall–Kier alpha value is -0.755. The number of nitrogens with zero attached hydrogens (tertiary/aromatic N) is 2. The van der Waals surface area contributed by atoms with Crippen LogP contribution in [0.3, 0.4) is 0 Å². The van der Waals surface area contributed by atoms with E-state index in [1.807, 2.05) is 33.8 Å². The van der Waals surface area contributed by atoms with Crippen molar-refractivity contribution in [2.45, 2.75) is 38.9 Å². The predicted molar refractivity (Wildman–Crippen MR) is 82.8 cm³/mol. The van der Waals surface area contributed by atoms with E-state index in [2.05, 4.69) is 25.9 Å². The van der Waals surface area contributed by atoms with Crippen LogP contribution in [0.25, 0.3) is 6.08 Å². The van der Waals surface area contributed by atoms with Gasteiger partial charge in [0, 0.05) is 6.54 Å². The van der Waals surface area contributed by atoms with Crippen molar-refractivity contribution in [3.8, 4) is 0 Å². The van der Waals surface area contributed by atoms with Gasteiger partial charge in [0.1, 0.15) is 4.60 Å². The van der Waals surface area contributed by atoms with E-state index in [0.717, 1.165) is 11.2 Å². The lowest BCUT2D eigenvalue weighted by atomic mass is 9.77. The third kappa shape index (κ3) is 3.11. The van der Waals surface area contributed by atoms with Gasteiger partial charge in [-0.2, -0.15) is 0 Å². The molecule has 108 valence electrons. The van der Waals surface area contributed by atoms with Gasteiger partial charge in [-0.1, -0.05) is 0 Å². The van der Waals surface area contributed by atoms with Crippen LogP contribution in [0, 0.1) is 0 Å². The molecule has 0 spiro atoms. The Morgan fingerprint density at radius 3 is 2.30 bits per heavy atom. The van der Waals surface area contributed by atoms with Crippen molar-refractivity contribution in [2.24, 2.45) is 5.73 Å². The third-order valence-electron chi connectivity index (χ3n) is 3.77. The van der Waals surface area contributed by atoms with Crippen molar-refractivity contribution in [3.63, 3.8) is 0 Å². The maximum absolute atomic E-state index is 5.99. The molecule has 0 unspecified atom stereocenters. The molecule has 1 aromatic heterocycles. The summed E-state index contributed by atoms with van der Waals surface area (Å²) in [6.07, 6.45) is 5.18. The van der Waals surface area contributed by atoms with Crippen LogP contribution in [-0.4, -0.2) is 34.8 Å². The van der Waals surface area contributed by atoms with Gasteiger partial charge in [0.05, 0.1) is 29.3 Å². The minimum absolute atomic E-state index is 0.342. The van der Waals surface area contributed by atoms with E-state index in [4.69, 9.17) is 15.0 Å². The lowest BCUT2D eigenvalue weighted by molar-refractivity contribution is 0.00578. The molecule has 2 N–H and O–H groups in total. The Bertz CT molecular complexity index is 501. The predicted octanol–water partition coefficient (Wildman–Crippen LogP) is 2.21. The number of aromatic nitrogens is 2. The normalized spacial score (nSPS) is 21.3. The number of hydrogen-bond donors (Lipinski definition) is 1. The zero-order chi connectivity index (χ0) is 15.0. The van der Waals surface area contributed by atoms with Crippen LogP contribution in [-0.2, 0) is 9.31 Å². The molecule has 0 bridgehead atoms. The van der Waals surface area contributed by atoms with Crippen LogP contribution >= 0.6 is 15.9 Å². The second-order valence-electron chi connectivity index (χ2n) is 5.78. The first-order chi connectivity index (χ1) is 9.25. The monoisotopic (exact) mass is 339 g/mol. The summed E-state index contributed by atoms with van der Waals surface area (Å²) in [5, 5.41) is 0. The van der Waals surface area contributed by atoms with Crippen LogP contribution in [0.1, 0.15) is 33.4 Å². The highest BCUT2D eigenvalue weighted by atomic mass is 79.9. The van der Waals surface area contributed by atoms with Crippen LogP contribution in [0.4, 0.5) is 0 Å². The van der Waals surface area contributed by atoms with E-state index in [-0.39, 0.29) is 11.2 Å². The van der Waals surface area contributed by atoms with Gasteiger partial charge in [-0.15, -0.1) is 0 Å². The van der Waals surface area contributed by atoms with Gasteiger partial charge in [-0.05, 0) is 55.2 Å². The molecule has 1 aliphatic rings. The lowest BCUT2D eigenvalue weighted by Gasteiger charge is -2.32. The maximum Gasteiger partial charge on any atom is 0.491 e. The Morgan fingerprint density at radius 2 is 1.85 bits per heavy atom. The Morgan fingerprint density at radius 1 is 1.25 bits per heavy atom.